The minimum absolute atomic E-state index is 0.00842. The van der Waals surface area contributed by atoms with Crippen LogP contribution < -0.4 is 103 Å². The summed E-state index contributed by atoms with van der Waals surface area (Å²) in [6.07, 6.45) is -3.61. The molecule has 116 heavy (non-hydrogen) atoms. The van der Waals surface area contributed by atoms with E-state index in [1.54, 1.807) is 55.4 Å². The second kappa shape index (κ2) is 51.6. The number of carbonyl (C=O) groups is 18. The number of primary amides is 1. The second-order valence-corrected chi connectivity index (χ2v) is 29.8. The number of H-pyrrole nitrogens is 1. The Bertz CT molecular complexity index is 3540. The van der Waals surface area contributed by atoms with Crippen LogP contribution in [0.25, 0.3) is 0 Å². The highest BCUT2D eigenvalue weighted by atomic mass is 16.4. The van der Waals surface area contributed by atoms with Crippen molar-refractivity contribution in [1.82, 2.24) is 89.7 Å². The number of carboxylic acids is 2. The van der Waals surface area contributed by atoms with E-state index in [9.17, 15) is 117 Å². The minimum Gasteiger partial charge on any atom is -0.481 e. The van der Waals surface area contributed by atoms with E-state index in [-0.39, 0.29) is 74.5 Å². The van der Waals surface area contributed by atoms with Crippen LogP contribution >= 0.6 is 0 Å². The molecule has 0 saturated heterocycles. The standard InChI is InChI=1S/C70H120N22O24/c1-30(2)17-41(58(104)78-25-50(98)77-26-51(99)90-55(37(13)96)69(115)116)83-62(108)43(19-32(5)6)87-67(113)53(34(9)10)91-65(111)47(23-52(100)101)86-63(109)44(20-33(7)8)88-68(114)54(36(12)95)92-64(110)45(21-38-24-75-29-79-38)84-61(107)42(18-31(3)4)82-56(102)35(11)80-60(106)46(22-49(72)97)85-66(112)48(28-94)89-59(105)40(15-14-16-76-70(73)74)81-57(103)39(71)27-93/h24,29-37,39-48,53-55,93-96H,14-23,25-28,71H2,1-13H3,(H2,72,97)(H,75,79)(H,77,98)(H,78,104)(H,80,106)(H,81,103)(H,82,102)(H,83,108)(H,84,107)(H,85,112)(H,86,109)(H,87,113)(H,88,114)(H,89,105)(H,90,99)(H,91,111)(H,92,110)(H,100,101)(H,115,116)(H4,73,74,76)/t35-,36+,37+,39-,40-,41-,42-,43-,44-,45-,46-,47-,48-,53-,54-,55-/m0/s1. The Morgan fingerprint density at radius 3 is 1.26 bits per heavy atom. The van der Waals surface area contributed by atoms with Crippen LogP contribution in [0.1, 0.15) is 147 Å². The van der Waals surface area contributed by atoms with Crippen LogP contribution in [0.3, 0.4) is 0 Å². The molecule has 1 rings (SSSR count). The molecule has 0 unspecified atom stereocenters. The van der Waals surface area contributed by atoms with E-state index < -0.39 is 261 Å². The van der Waals surface area contributed by atoms with E-state index in [4.69, 9.17) is 22.9 Å². The summed E-state index contributed by atoms with van der Waals surface area (Å²) in [7, 11) is 0. The molecule has 0 aliphatic heterocycles. The third kappa shape index (κ3) is 39.2. The molecule has 0 aromatic carbocycles. The fraction of sp³-hybridized carbons (Fsp3) is 0.686. The number of nitrogens with zero attached hydrogens (tertiary/aromatic N) is 2. The van der Waals surface area contributed by atoms with Gasteiger partial charge in [0.05, 0.1) is 57.7 Å². The molecule has 0 aliphatic rings. The predicted molar refractivity (Wildman–Crippen MR) is 411 cm³/mol. The first-order chi connectivity index (χ1) is 54.0. The zero-order chi connectivity index (χ0) is 88.7. The quantitative estimate of drug-likeness (QED) is 0.0164. The van der Waals surface area contributed by atoms with Crippen LogP contribution in [0, 0.1) is 29.6 Å². The van der Waals surface area contributed by atoms with Gasteiger partial charge in [0.25, 0.3) is 0 Å². The molecule has 654 valence electrons. The lowest BCUT2D eigenvalue weighted by Crippen LogP contribution is -2.62. The van der Waals surface area contributed by atoms with Crippen molar-refractivity contribution in [2.75, 3.05) is 32.8 Å². The summed E-state index contributed by atoms with van der Waals surface area (Å²) in [6.45, 7) is 16.5. The molecule has 1 aromatic heterocycles. The highest BCUT2D eigenvalue weighted by Gasteiger charge is 2.40. The number of imidazole rings is 1. The molecule has 0 aliphatic carbocycles. The van der Waals surface area contributed by atoms with Crippen LogP contribution in [-0.4, -0.2) is 283 Å². The zero-order valence-corrected chi connectivity index (χ0v) is 67.4. The molecular weight excluding hydrogens is 1530 g/mol. The van der Waals surface area contributed by atoms with Gasteiger partial charge in [-0.15, -0.1) is 0 Å². The molecule has 46 heteroatoms. The molecule has 1 heterocycles. The molecule has 0 spiro atoms. The lowest BCUT2D eigenvalue weighted by Gasteiger charge is -2.30. The number of amides is 16. The Morgan fingerprint density at radius 2 is 0.819 bits per heavy atom. The minimum atomic E-state index is -1.98. The number of rotatable bonds is 54. The van der Waals surface area contributed by atoms with Gasteiger partial charge >= 0.3 is 11.9 Å². The van der Waals surface area contributed by atoms with E-state index >= 15 is 0 Å². The second-order valence-electron chi connectivity index (χ2n) is 29.8. The van der Waals surface area contributed by atoms with Gasteiger partial charge in [-0.25, -0.2) is 9.78 Å². The van der Waals surface area contributed by atoms with Gasteiger partial charge in [-0.1, -0.05) is 69.2 Å². The lowest BCUT2D eigenvalue weighted by atomic mass is 9.98. The van der Waals surface area contributed by atoms with Gasteiger partial charge in [-0.05, 0) is 88.9 Å². The number of aliphatic hydroxyl groups is 4. The Balaban J connectivity index is 3.50. The Kier molecular flexibility index (Phi) is 45.7. The number of aliphatic carboxylic acids is 2. The zero-order valence-electron chi connectivity index (χ0n) is 67.4. The van der Waals surface area contributed by atoms with Crippen LogP contribution in [0.15, 0.2) is 17.5 Å². The third-order valence-corrected chi connectivity index (χ3v) is 16.9. The average molecular weight is 1650 g/mol. The number of hydrogen-bond donors (Lipinski definition) is 26. The number of aliphatic hydroxyl groups excluding tert-OH is 4. The maximum atomic E-state index is 14.5. The van der Waals surface area contributed by atoms with Gasteiger partial charge in [0.1, 0.15) is 78.5 Å². The molecule has 0 fully saturated rings. The fourth-order valence-corrected chi connectivity index (χ4v) is 10.9. The molecule has 30 N–H and O–H groups in total. The van der Waals surface area contributed by atoms with E-state index in [0.717, 1.165) is 20.8 Å². The number of aromatic nitrogens is 2. The topological polar surface area (TPSA) is 754 Å². The highest BCUT2D eigenvalue weighted by Crippen LogP contribution is 2.15. The van der Waals surface area contributed by atoms with Crippen molar-refractivity contribution in [3.8, 4) is 0 Å². The average Bonchev–Trinajstić information content (AvgIpc) is 0.938. The van der Waals surface area contributed by atoms with Gasteiger partial charge in [0.15, 0.2) is 12.0 Å². The maximum Gasteiger partial charge on any atom is 0.328 e. The lowest BCUT2D eigenvalue weighted by molar-refractivity contribution is -0.144. The van der Waals surface area contributed by atoms with Crippen LogP contribution in [0.4, 0.5) is 0 Å². The van der Waals surface area contributed by atoms with E-state index in [2.05, 4.69) is 89.4 Å². The SMILES string of the molecule is CC(C)C[C@H](NC(=O)[C@H](C)NC(=O)[C@H](CC(N)=O)NC(=O)[C@H](CO)NC(=O)[C@H](CCCN=C(N)N)NC(=O)[C@@H](N)CO)C(=O)N[C@@H](Cc1cnc[nH]1)C(=O)N[C@H](C(=O)N[C@@H](CC(C)C)C(=O)N[C@@H](CC(=O)O)C(=O)N[C@H](C(=O)N[C@@H](CC(C)C)C(=O)N[C@@H](CC(C)C)C(=O)NCC(=O)NCC(=O)N[C@H](C(=O)O)[C@@H](C)O)C(C)C)[C@@H](C)O. The summed E-state index contributed by atoms with van der Waals surface area (Å²) >= 11 is 0. The Labute approximate surface area is 669 Å². The molecule has 16 atom stereocenters. The normalized spacial score (nSPS) is 15.4. The number of hydrogen-bond acceptors (Lipinski definition) is 25. The van der Waals surface area contributed by atoms with Crippen LogP contribution in [-0.2, 0) is 92.7 Å². The molecule has 46 nitrogen and oxygen atoms in total. The van der Waals surface area contributed by atoms with Gasteiger partial charge in [-0.3, -0.25) is 86.5 Å². The Morgan fingerprint density at radius 1 is 0.422 bits per heavy atom. The fourth-order valence-electron chi connectivity index (χ4n) is 10.9. The maximum absolute atomic E-state index is 14.5. The van der Waals surface area contributed by atoms with Gasteiger partial charge in [0.2, 0.25) is 94.5 Å². The van der Waals surface area contributed by atoms with E-state index in [1.165, 1.54) is 26.4 Å². The smallest absolute Gasteiger partial charge is 0.328 e. The molecule has 1 aromatic rings. The van der Waals surface area contributed by atoms with Crippen molar-refractivity contribution in [3.63, 3.8) is 0 Å². The largest absolute Gasteiger partial charge is 0.481 e. The first-order valence-corrected chi connectivity index (χ1v) is 37.6. The number of nitrogens with one attached hydrogen (secondary N) is 16. The predicted octanol–water partition coefficient (Wildman–Crippen LogP) is -10.1. The number of carbonyl (C=O) groups excluding carboxylic acids is 16. The van der Waals surface area contributed by atoms with Crippen molar-refractivity contribution < 1.29 is 117 Å². The monoisotopic (exact) mass is 1650 g/mol. The molecule has 16 amide bonds. The van der Waals surface area contributed by atoms with E-state index in [1.807, 2.05) is 5.32 Å². The summed E-state index contributed by atoms with van der Waals surface area (Å²) < 4.78 is 0. The number of carboxylic acid groups (broad SMARTS) is 2. The Hall–Kier alpha value is -11.3. The third-order valence-electron chi connectivity index (χ3n) is 16.9. The summed E-state index contributed by atoms with van der Waals surface area (Å²) in [5, 5.41) is 94.8. The number of nitrogens with two attached hydrogens (primary N) is 4. The van der Waals surface area contributed by atoms with Crippen LogP contribution in [0.2, 0.25) is 0 Å². The van der Waals surface area contributed by atoms with E-state index in [0.29, 0.717) is 0 Å². The number of aromatic amines is 1. The summed E-state index contributed by atoms with van der Waals surface area (Å²) in [6, 6.07) is -22.9. The van der Waals surface area contributed by atoms with Gasteiger partial charge < -0.3 is 138 Å². The number of aliphatic imine (C=N–C) groups is 1. The van der Waals surface area contributed by atoms with Crippen LogP contribution in [0.5, 0.6) is 0 Å². The molecular formula is C70H120N22O24. The summed E-state index contributed by atoms with van der Waals surface area (Å²) in [4.78, 5) is 252. The van der Waals surface area contributed by atoms with Crippen molar-refractivity contribution in [2.24, 2.45) is 57.5 Å². The molecule has 0 bridgehead atoms. The molecule has 0 radical (unpaired) electrons. The van der Waals surface area contributed by atoms with Gasteiger partial charge in [-0.2, -0.15) is 0 Å². The number of guanidine groups is 1. The molecule has 0 saturated carbocycles. The van der Waals surface area contributed by atoms with Crippen molar-refractivity contribution >= 4 is 112 Å². The first kappa shape index (κ1) is 103. The van der Waals surface area contributed by atoms with Crippen molar-refractivity contribution in [1.29, 1.82) is 0 Å². The first-order valence-electron chi connectivity index (χ1n) is 37.6. The van der Waals surface area contributed by atoms with Gasteiger partial charge in [0, 0.05) is 24.9 Å². The summed E-state index contributed by atoms with van der Waals surface area (Å²) in [5.41, 5.74) is 21.9. The van der Waals surface area contributed by atoms with Crippen molar-refractivity contribution in [3.05, 3.63) is 18.2 Å². The van der Waals surface area contributed by atoms with Crippen molar-refractivity contribution in [2.45, 2.75) is 245 Å². The summed E-state index contributed by atoms with van der Waals surface area (Å²) in [5.74, 6) is -22.6. The highest BCUT2D eigenvalue weighted by molar-refractivity contribution is 6.01.